The van der Waals surface area contributed by atoms with Gasteiger partial charge in [-0.2, -0.15) is 5.26 Å². The number of allylic oxidation sites excluding steroid dienone is 1. The van der Waals surface area contributed by atoms with Crippen molar-refractivity contribution in [3.8, 4) is 6.07 Å². The Morgan fingerprint density at radius 1 is 1.80 bits per heavy atom. The fourth-order valence-corrected chi connectivity index (χ4v) is 0.581. The van der Waals surface area contributed by atoms with E-state index in [4.69, 9.17) is 9.78 Å². The van der Waals surface area contributed by atoms with E-state index in [1.54, 1.807) is 12.1 Å². The first-order valence-corrected chi connectivity index (χ1v) is 2.82. The molecule has 1 heterocycles. The first-order valence-electron chi connectivity index (χ1n) is 2.82. The molecule has 0 unspecified atom stereocenters. The molecule has 50 valence electrons. The second kappa shape index (κ2) is 2.83. The molecule has 0 amide bonds. The van der Waals surface area contributed by atoms with Gasteiger partial charge in [-0.3, -0.25) is 0 Å². The topological polar surface area (TPSA) is 49.8 Å². The Hall–Kier alpha value is -1.56. The third-order valence-electron chi connectivity index (χ3n) is 0.968. The second-order valence-electron chi connectivity index (χ2n) is 1.83. The molecule has 0 saturated heterocycles. The molecule has 0 N–H and O–H groups in total. The van der Waals surface area contributed by atoms with Crippen LogP contribution in [0.1, 0.15) is 11.5 Å². The van der Waals surface area contributed by atoms with Gasteiger partial charge in [-0.05, 0) is 13.0 Å². The SMILES string of the molecule is Cc1cc(/C=C/C#N)on1. The zero-order valence-electron chi connectivity index (χ0n) is 5.53. The van der Waals surface area contributed by atoms with Crippen LogP contribution in [-0.2, 0) is 0 Å². The third-order valence-corrected chi connectivity index (χ3v) is 0.968. The Labute approximate surface area is 58.6 Å². The summed E-state index contributed by atoms with van der Waals surface area (Å²) < 4.78 is 4.78. The predicted molar refractivity (Wildman–Crippen MR) is 35.9 cm³/mol. The lowest BCUT2D eigenvalue weighted by atomic mass is 10.3. The lowest BCUT2D eigenvalue weighted by Gasteiger charge is -1.72. The molecule has 0 aliphatic carbocycles. The van der Waals surface area contributed by atoms with Crippen LogP contribution in [0, 0.1) is 18.3 Å². The molecule has 0 atom stereocenters. The van der Waals surface area contributed by atoms with E-state index in [2.05, 4.69) is 5.16 Å². The molecule has 0 saturated carbocycles. The van der Waals surface area contributed by atoms with Crippen molar-refractivity contribution in [3.63, 3.8) is 0 Å². The molecule has 1 rings (SSSR count). The fraction of sp³-hybridized carbons (Fsp3) is 0.143. The average molecular weight is 134 g/mol. The standard InChI is InChI=1S/C7H6N2O/c1-6-5-7(10-9-6)3-2-4-8/h2-3,5H,1H3/b3-2+. The molecular formula is C7H6N2O. The van der Waals surface area contributed by atoms with E-state index in [0.717, 1.165) is 5.69 Å². The van der Waals surface area contributed by atoms with Crippen LogP contribution in [0.25, 0.3) is 6.08 Å². The van der Waals surface area contributed by atoms with E-state index in [-0.39, 0.29) is 0 Å². The molecule has 3 nitrogen and oxygen atoms in total. The van der Waals surface area contributed by atoms with Gasteiger partial charge < -0.3 is 4.52 Å². The summed E-state index contributed by atoms with van der Waals surface area (Å²) in [5.74, 6) is 0.610. The number of rotatable bonds is 1. The van der Waals surface area contributed by atoms with E-state index in [0.29, 0.717) is 5.76 Å². The molecule has 0 aliphatic heterocycles. The molecule has 10 heavy (non-hydrogen) atoms. The van der Waals surface area contributed by atoms with Crippen LogP contribution in [0.2, 0.25) is 0 Å². The molecule has 0 radical (unpaired) electrons. The monoisotopic (exact) mass is 134 g/mol. The summed E-state index contributed by atoms with van der Waals surface area (Å²) in [6.07, 6.45) is 2.92. The van der Waals surface area contributed by atoms with Crippen LogP contribution in [0.5, 0.6) is 0 Å². The Balaban J connectivity index is 2.78. The van der Waals surface area contributed by atoms with E-state index >= 15 is 0 Å². The zero-order chi connectivity index (χ0) is 7.40. The molecule has 3 heteroatoms. The van der Waals surface area contributed by atoms with Gasteiger partial charge in [0.05, 0.1) is 11.8 Å². The van der Waals surface area contributed by atoms with Gasteiger partial charge in [0.15, 0.2) is 5.76 Å². The molecule has 0 aromatic carbocycles. The van der Waals surface area contributed by atoms with Crippen LogP contribution < -0.4 is 0 Å². The Morgan fingerprint density at radius 3 is 3.10 bits per heavy atom. The Bertz CT molecular complexity index is 280. The summed E-state index contributed by atoms with van der Waals surface area (Å²) in [6.45, 7) is 1.83. The quantitative estimate of drug-likeness (QED) is 0.547. The third kappa shape index (κ3) is 1.46. The molecule has 0 bridgehead atoms. The first-order chi connectivity index (χ1) is 4.83. The summed E-state index contributed by atoms with van der Waals surface area (Å²) in [7, 11) is 0. The summed E-state index contributed by atoms with van der Waals surface area (Å²) in [5, 5.41) is 11.8. The van der Waals surface area contributed by atoms with E-state index in [1.807, 2.05) is 13.0 Å². The highest BCUT2D eigenvalue weighted by molar-refractivity contribution is 5.45. The van der Waals surface area contributed by atoms with Gasteiger partial charge in [0, 0.05) is 12.1 Å². The van der Waals surface area contributed by atoms with Gasteiger partial charge in [0.25, 0.3) is 0 Å². The molecular weight excluding hydrogens is 128 g/mol. The number of aromatic nitrogens is 1. The van der Waals surface area contributed by atoms with Gasteiger partial charge in [0.1, 0.15) is 0 Å². The molecule has 1 aromatic rings. The smallest absolute Gasteiger partial charge is 0.160 e. The van der Waals surface area contributed by atoms with Gasteiger partial charge >= 0.3 is 0 Å². The zero-order valence-corrected chi connectivity index (χ0v) is 5.53. The largest absolute Gasteiger partial charge is 0.357 e. The summed E-state index contributed by atoms with van der Waals surface area (Å²) in [5.41, 5.74) is 0.817. The minimum absolute atomic E-state index is 0.610. The van der Waals surface area contributed by atoms with Gasteiger partial charge in [0.2, 0.25) is 0 Å². The van der Waals surface area contributed by atoms with Crippen LogP contribution in [0.4, 0.5) is 0 Å². The van der Waals surface area contributed by atoms with Crippen molar-refractivity contribution >= 4 is 6.08 Å². The van der Waals surface area contributed by atoms with E-state index in [9.17, 15) is 0 Å². The van der Waals surface area contributed by atoms with Crippen molar-refractivity contribution in [1.82, 2.24) is 5.16 Å². The normalized spacial score (nSPS) is 10.0. The van der Waals surface area contributed by atoms with Crippen molar-refractivity contribution < 1.29 is 4.52 Å². The van der Waals surface area contributed by atoms with Crippen molar-refractivity contribution in [2.45, 2.75) is 6.92 Å². The number of nitriles is 1. The van der Waals surface area contributed by atoms with Crippen molar-refractivity contribution in [3.05, 3.63) is 23.6 Å². The first kappa shape index (κ1) is 6.56. The fourth-order valence-electron chi connectivity index (χ4n) is 0.581. The van der Waals surface area contributed by atoms with Gasteiger partial charge in [-0.1, -0.05) is 5.16 Å². The predicted octanol–water partition coefficient (Wildman–Crippen LogP) is 1.52. The van der Waals surface area contributed by atoms with Crippen LogP contribution in [0.15, 0.2) is 16.7 Å². The van der Waals surface area contributed by atoms with Crippen LogP contribution in [0.3, 0.4) is 0 Å². The maximum atomic E-state index is 8.14. The van der Waals surface area contributed by atoms with E-state index in [1.165, 1.54) is 6.08 Å². The highest BCUT2D eigenvalue weighted by Crippen LogP contribution is 2.02. The van der Waals surface area contributed by atoms with Crippen molar-refractivity contribution in [2.24, 2.45) is 0 Å². The summed E-state index contributed by atoms with van der Waals surface area (Å²) in [4.78, 5) is 0. The van der Waals surface area contributed by atoms with Crippen molar-refractivity contribution in [2.75, 3.05) is 0 Å². The number of hydrogen-bond donors (Lipinski definition) is 0. The average Bonchev–Trinajstić information content (AvgIpc) is 2.31. The lowest BCUT2D eigenvalue weighted by molar-refractivity contribution is 0.408. The maximum absolute atomic E-state index is 8.14. The Kier molecular flexibility index (Phi) is 1.86. The maximum Gasteiger partial charge on any atom is 0.160 e. The number of nitrogens with zero attached hydrogens (tertiary/aromatic N) is 2. The Morgan fingerprint density at radius 2 is 2.60 bits per heavy atom. The lowest BCUT2D eigenvalue weighted by Crippen LogP contribution is -1.60. The molecule has 0 fully saturated rings. The van der Waals surface area contributed by atoms with Crippen molar-refractivity contribution in [1.29, 1.82) is 5.26 Å². The minimum atomic E-state index is 0.610. The summed E-state index contributed by atoms with van der Waals surface area (Å²) >= 11 is 0. The highest BCUT2D eigenvalue weighted by Gasteiger charge is 1.92. The summed E-state index contributed by atoms with van der Waals surface area (Å²) in [6, 6.07) is 3.61. The van der Waals surface area contributed by atoms with Gasteiger partial charge in [-0.25, -0.2) is 0 Å². The number of hydrogen-bond acceptors (Lipinski definition) is 3. The second-order valence-corrected chi connectivity index (χ2v) is 1.83. The van der Waals surface area contributed by atoms with Crippen LogP contribution in [-0.4, -0.2) is 5.16 Å². The molecule has 1 aromatic heterocycles. The molecule has 0 aliphatic rings. The minimum Gasteiger partial charge on any atom is -0.357 e. The van der Waals surface area contributed by atoms with E-state index < -0.39 is 0 Å². The van der Waals surface area contributed by atoms with Gasteiger partial charge in [-0.15, -0.1) is 0 Å². The highest BCUT2D eigenvalue weighted by atomic mass is 16.5. The number of aryl methyl sites for hydroxylation is 1. The van der Waals surface area contributed by atoms with Crippen LogP contribution >= 0.6 is 0 Å². The molecule has 0 spiro atoms.